The molecule has 1 aliphatic heterocycles. The SMILES string of the molecule is CCc1[nH]c(C(=O)NC2CCN(c3ncc(C(=O)O)s3)CC2OCCCF)nc1Cl. The minimum Gasteiger partial charge on any atom is -0.477 e. The van der Waals surface area contributed by atoms with E-state index in [0.717, 1.165) is 11.3 Å². The van der Waals surface area contributed by atoms with Crippen LogP contribution in [0.3, 0.4) is 0 Å². The van der Waals surface area contributed by atoms with Crippen molar-refractivity contribution in [2.24, 2.45) is 0 Å². The van der Waals surface area contributed by atoms with E-state index >= 15 is 0 Å². The minimum absolute atomic E-state index is 0.132. The molecule has 9 nitrogen and oxygen atoms in total. The van der Waals surface area contributed by atoms with Gasteiger partial charge in [-0.05, 0) is 19.3 Å². The molecule has 1 fully saturated rings. The van der Waals surface area contributed by atoms with Gasteiger partial charge in [0.2, 0.25) is 0 Å². The molecule has 2 aromatic rings. The molecule has 0 aliphatic carbocycles. The molecule has 2 atom stereocenters. The van der Waals surface area contributed by atoms with Crippen molar-refractivity contribution in [3.8, 4) is 0 Å². The van der Waals surface area contributed by atoms with Crippen LogP contribution in [0.25, 0.3) is 0 Å². The van der Waals surface area contributed by atoms with Gasteiger partial charge in [0.25, 0.3) is 5.91 Å². The first-order valence-corrected chi connectivity index (χ1v) is 10.8. The van der Waals surface area contributed by atoms with Crippen LogP contribution in [0.15, 0.2) is 6.20 Å². The number of hydrogen-bond donors (Lipinski definition) is 3. The number of imidazole rings is 1. The van der Waals surface area contributed by atoms with Crippen LogP contribution >= 0.6 is 22.9 Å². The average molecular weight is 460 g/mol. The molecule has 3 heterocycles. The number of aromatic carboxylic acids is 1. The summed E-state index contributed by atoms with van der Waals surface area (Å²) in [6, 6.07) is -0.318. The topological polar surface area (TPSA) is 120 Å². The van der Waals surface area contributed by atoms with Crippen molar-refractivity contribution in [1.82, 2.24) is 20.3 Å². The molecule has 3 rings (SSSR count). The van der Waals surface area contributed by atoms with Crippen molar-refractivity contribution in [3.63, 3.8) is 0 Å². The van der Waals surface area contributed by atoms with Gasteiger partial charge in [0.1, 0.15) is 4.88 Å². The first kappa shape index (κ1) is 22.4. The van der Waals surface area contributed by atoms with Crippen molar-refractivity contribution in [3.05, 3.63) is 27.7 Å². The lowest BCUT2D eigenvalue weighted by Crippen LogP contribution is -2.55. The lowest BCUT2D eigenvalue weighted by atomic mass is 10.0. The maximum atomic E-state index is 12.6. The van der Waals surface area contributed by atoms with Gasteiger partial charge in [0, 0.05) is 19.7 Å². The fraction of sp³-hybridized carbons (Fsp3) is 0.556. The van der Waals surface area contributed by atoms with Crippen LogP contribution in [0.1, 0.15) is 45.7 Å². The van der Waals surface area contributed by atoms with Gasteiger partial charge >= 0.3 is 5.97 Å². The molecule has 30 heavy (non-hydrogen) atoms. The third-order valence-corrected chi connectivity index (χ3v) is 6.12. The van der Waals surface area contributed by atoms with Crippen molar-refractivity contribution in [1.29, 1.82) is 0 Å². The predicted molar refractivity (Wildman–Crippen MR) is 110 cm³/mol. The largest absolute Gasteiger partial charge is 0.477 e. The zero-order chi connectivity index (χ0) is 21.7. The Morgan fingerprint density at radius 3 is 2.97 bits per heavy atom. The maximum absolute atomic E-state index is 12.6. The molecule has 1 aliphatic rings. The molecule has 0 radical (unpaired) electrons. The number of aryl methyl sites for hydroxylation is 1. The molecule has 3 N–H and O–H groups in total. The monoisotopic (exact) mass is 459 g/mol. The number of anilines is 1. The molecule has 0 aromatic carbocycles. The quantitative estimate of drug-likeness (QED) is 0.493. The zero-order valence-corrected chi connectivity index (χ0v) is 17.9. The van der Waals surface area contributed by atoms with E-state index in [4.69, 9.17) is 21.4 Å². The number of aromatic amines is 1. The van der Waals surface area contributed by atoms with Crippen LogP contribution < -0.4 is 10.2 Å². The van der Waals surface area contributed by atoms with E-state index in [-0.39, 0.29) is 34.9 Å². The second kappa shape index (κ2) is 10.2. The minimum atomic E-state index is -1.03. The lowest BCUT2D eigenvalue weighted by Gasteiger charge is -2.38. The number of aromatic nitrogens is 3. The highest BCUT2D eigenvalue weighted by atomic mass is 35.5. The Labute approximate surface area is 181 Å². The number of carbonyl (C=O) groups is 2. The highest BCUT2D eigenvalue weighted by Gasteiger charge is 2.33. The number of alkyl halides is 1. The van der Waals surface area contributed by atoms with Crippen molar-refractivity contribution < 1.29 is 23.8 Å². The number of rotatable bonds is 9. The molecule has 164 valence electrons. The van der Waals surface area contributed by atoms with Crippen LogP contribution in [0, 0.1) is 0 Å². The average Bonchev–Trinajstić information content (AvgIpc) is 3.36. The van der Waals surface area contributed by atoms with Crippen molar-refractivity contribution in [2.75, 3.05) is 31.3 Å². The number of carboxylic acid groups (broad SMARTS) is 1. The molecule has 1 saturated heterocycles. The van der Waals surface area contributed by atoms with Gasteiger partial charge in [-0.15, -0.1) is 0 Å². The maximum Gasteiger partial charge on any atom is 0.347 e. The number of ether oxygens (including phenoxy) is 1. The van der Waals surface area contributed by atoms with Gasteiger partial charge in [0.05, 0.1) is 30.7 Å². The summed E-state index contributed by atoms with van der Waals surface area (Å²) >= 11 is 7.10. The van der Waals surface area contributed by atoms with Gasteiger partial charge in [-0.1, -0.05) is 29.9 Å². The Bertz CT molecular complexity index is 892. The fourth-order valence-electron chi connectivity index (χ4n) is 3.19. The van der Waals surface area contributed by atoms with E-state index in [1.165, 1.54) is 6.20 Å². The number of carboxylic acids is 1. The van der Waals surface area contributed by atoms with Crippen molar-refractivity contribution >= 4 is 39.9 Å². The Balaban J connectivity index is 1.69. The zero-order valence-electron chi connectivity index (χ0n) is 16.4. The van der Waals surface area contributed by atoms with Crippen molar-refractivity contribution in [2.45, 2.75) is 38.3 Å². The molecular formula is C18H23ClFN5O4S. The van der Waals surface area contributed by atoms with E-state index in [2.05, 4.69) is 20.3 Å². The second-order valence-corrected chi connectivity index (χ2v) is 8.15. The summed E-state index contributed by atoms with van der Waals surface area (Å²) in [5.41, 5.74) is 0.686. The van der Waals surface area contributed by atoms with Crippen LogP contribution in [-0.2, 0) is 11.2 Å². The number of amides is 1. The highest BCUT2D eigenvalue weighted by Crippen LogP contribution is 2.27. The third-order valence-electron chi connectivity index (χ3n) is 4.76. The smallest absolute Gasteiger partial charge is 0.347 e. The summed E-state index contributed by atoms with van der Waals surface area (Å²) < 4.78 is 18.4. The number of nitrogens with one attached hydrogen (secondary N) is 2. The summed E-state index contributed by atoms with van der Waals surface area (Å²) in [6.07, 6.45) is 2.33. The second-order valence-electron chi connectivity index (χ2n) is 6.79. The van der Waals surface area contributed by atoms with Crippen LogP contribution in [-0.4, -0.2) is 70.5 Å². The Morgan fingerprint density at radius 1 is 1.53 bits per heavy atom. The summed E-state index contributed by atoms with van der Waals surface area (Å²) in [6.45, 7) is 2.57. The summed E-state index contributed by atoms with van der Waals surface area (Å²) in [5, 5.41) is 12.9. The first-order valence-electron chi connectivity index (χ1n) is 9.59. The number of carbonyl (C=O) groups excluding carboxylic acids is 1. The molecular weight excluding hydrogens is 437 g/mol. The van der Waals surface area contributed by atoms with E-state index < -0.39 is 24.7 Å². The van der Waals surface area contributed by atoms with E-state index in [1.807, 2.05) is 11.8 Å². The third kappa shape index (κ3) is 5.27. The van der Waals surface area contributed by atoms with Crippen LogP contribution in [0.2, 0.25) is 5.15 Å². The van der Waals surface area contributed by atoms with Crippen LogP contribution in [0.4, 0.5) is 9.52 Å². The molecule has 0 spiro atoms. The van der Waals surface area contributed by atoms with E-state index in [9.17, 15) is 14.0 Å². The summed E-state index contributed by atoms with van der Waals surface area (Å²) in [5.74, 6) is -1.29. The van der Waals surface area contributed by atoms with Gasteiger partial charge in [-0.2, -0.15) is 0 Å². The predicted octanol–water partition coefficient (Wildman–Crippen LogP) is 2.53. The number of piperidine rings is 1. The number of nitrogens with zero attached hydrogens (tertiary/aromatic N) is 3. The van der Waals surface area contributed by atoms with Gasteiger partial charge in [-0.3, -0.25) is 9.18 Å². The van der Waals surface area contributed by atoms with Gasteiger partial charge < -0.3 is 25.0 Å². The number of hydrogen-bond acceptors (Lipinski definition) is 7. The first-order chi connectivity index (χ1) is 14.4. The molecule has 1 amide bonds. The number of halogens is 2. The summed E-state index contributed by atoms with van der Waals surface area (Å²) in [7, 11) is 0. The van der Waals surface area contributed by atoms with E-state index in [0.29, 0.717) is 36.8 Å². The molecule has 12 heteroatoms. The normalized spacial score (nSPS) is 19.1. The molecule has 2 unspecified atom stereocenters. The Kier molecular flexibility index (Phi) is 7.62. The molecule has 0 saturated carbocycles. The van der Waals surface area contributed by atoms with E-state index in [1.54, 1.807) is 0 Å². The Hall–Kier alpha value is -2.24. The standard InChI is InChI=1S/C18H23ClFN5O4S/c1-2-10-14(19)24-15(22-10)16(26)23-11-4-6-25(9-12(11)29-7-3-5-20)18-21-8-13(30-18)17(27)28/h8,11-12H,2-7,9H2,1H3,(H,22,24)(H,23,26)(H,27,28). The van der Waals surface area contributed by atoms with Gasteiger partial charge in [-0.25, -0.2) is 14.8 Å². The van der Waals surface area contributed by atoms with Gasteiger partial charge in [0.15, 0.2) is 16.1 Å². The van der Waals surface area contributed by atoms with Crippen LogP contribution in [0.5, 0.6) is 0 Å². The molecule has 2 aromatic heterocycles. The molecule has 0 bridgehead atoms. The lowest BCUT2D eigenvalue weighted by molar-refractivity contribution is 0.0171. The fourth-order valence-corrected chi connectivity index (χ4v) is 4.25. The number of thiazole rings is 1. The Morgan fingerprint density at radius 2 is 2.33 bits per heavy atom. The number of H-pyrrole nitrogens is 1. The summed E-state index contributed by atoms with van der Waals surface area (Å²) in [4.78, 5) is 37.0. The highest BCUT2D eigenvalue weighted by molar-refractivity contribution is 7.17.